The quantitative estimate of drug-likeness (QED) is 0.361. The number of aryl methyl sites for hydroxylation is 3. The second-order valence-corrected chi connectivity index (χ2v) is 10.7. The van der Waals surface area contributed by atoms with E-state index >= 15 is 0 Å². The van der Waals surface area contributed by atoms with Gasteiger partial charge in [-0.25, -0.2) is 0 Å². The predicted octanol–water partition coefficient (Wildman–Crippen LogP) is 5.54. The van der Waals surface area contributed by atoms with Gasteiger partial charge in [0, 0.05) is 16.8 Å². The summed E-state index contributed by atoms with van der Waals surface area (Å²) in [5.74, 6) is -1.12. The molecule has 1 heterocycles. The molecule has 0 radical (unpaired) electrons. The molecule has 1 N–H and O–H groups in total. The summed E-state index contributed by atoms with van der Waals surface area (Å²) >= 11 is 0. The lowest BCUT2D eigenvalue weighted by molar-refractivity contribution is -0.162. The van der Waals surface area contributed by atoms with Crippen LogP contribution in [0.3, 0.4) is 0 Å². The molecule has 190 valence electrons. The van der Waals surface area contributed by atoms with Crippen LogP contribution >= 0.6 is 0 Å². The van der Waals surface area contributed by atoms with Gasteiger partial charge in [0.25, 0.3) is 0 Å². The van der Waals surface area contributed by atoms with Gasteiger partial charge < -0.3 is 9.84 Å². The van der Waals surface area contributed by atoms with Gasteiger partial charge in [0.1, 0.15) is 5.75 Å². The van der Waals surface area contributed by atoms with Gasteiger partial charge in [-0.15, -0.1) is 6.58 Å². The third kappa shape index (κ3) is 3.78. The Kier molecular flexibility index (Phi) is 6.67. The summed E-state index contributed by atoms with van der Waals surface area (Å²) in [4.78, 5) is 44.6. The maximum absolute atomic E-state index is 13.8. The van der Waals surface area contributed by atoms with Crippen LogP contribution in [-0.4, -0.2) is 34.7 Å². The summed E-state index contributed by atoms with van der Waals surface area (Å²) < 4.78 is 5.21. The Morgan fingerprint density at radius 3 is 2.56 bits per heavy atom. The number of carbonyl (C=O) groups excluding carboxylic acids is 3. The molecule has 1 aromatic heterocycles. The fraction of sp³-hybridized carbons (Fsp3) is 0.467. The summed E-state index contributed by atoms with van der Waals surface area (Å²) in [6.07, 6.45) is 6.08. The fourth-order valence-electron chi connectivity index (χ4n) is 6.61. The Morgan fingerprint density at radius 2 is 1.92 bits per heavy atom. The highest BCUT2D eigenvalue weighted by molar-refractivity contribution is 6.30. The highest BCUT2D eigenvalue weighted by Gasteiger charge is 2.52. The van der Waals surface area contributed by atoms with Crippen molar-refractivity contribution in [3.63, 3.8) is 0 Å². The number of carbonyl (C=O) groups is 3. The van der Waals surface area contributed by atoms with E-state index in [1.807, 2.05) is 26.0 Å². The molecule has 4 rings (SSSR count). The third-order valence-electron chi connectivity index (χ3n) is 8.63. The number of hydrogen-bond acceptors (Lipinski definition) is 6. The van der Waals surface area contributed by atoms with E-state index < -0.39 is 5.41 Å². The SMILES string of the molecule is C=C[C@@]1(C)CCC[C@@](C)(C(=O)OC)C1CCc1cccc2c1C(=O)c1c(O)c(CC)nc(C)c1C2=O. The summed E-state index contributed by atoms with van der Waals surface area (Å²) in [6, 6.07) is 5.32. The molecule has 1 aromatic carbocycles. The maximum atomic E-state index is 13.8. The molecule has 1 saturated carbocycles. The van der Waals surface area contributed by atoms with Gasteiger partial charge in [0.2, 0.25) is 0 Å². The van der Waals surface area contributed by atoms with E-state index in [4.69, 9.17) is 4.74 Å². The van der Waals surface area contributed by atoms with Crippen molar-refractivity contribution in [3.8, 4) is 5.75 Å². The molecule has 3 atom stereocenters. The first-order valence-corrected chi connectivity index (χ1v) is 12.7. The Hall–Kier alpha value is -3.28. The van der Waals surface area contributed by atoms with Crippen LogP contribution in [0.4, 0.5) is 0 Å². The highest BCUT2D eigenvalue weighted by Crippen LogP contribution is 2.54. The number of esters is 1. The van der Waals surface area contributed by atoms with Crippen LogP contribution in [0.1, 0.15) is 95.2 Å². The minimum absolute atomic E-state index is 0.0484. The van der Waals surface area contributed by atoms with Crippen LogP contribution in [-0.2, 0) is 22.4 Å². The monoisotopic (exact) mass is 489 g/mol. The molecule has 0 amide bonds. The Balaban J connectivity index is 1.77. The van der Waals surface area contributed by atoms with Gasteiger partial charge in [0.05, 0.1) is 29.3 Å². The second-order valence-electron chi connectivity index (χ2n) is 10.7. The van der Waals surface area contributed by atoms with Crippen molar-refractivity contribution in [2.45, 2.75) is 66.2 Å². The average molecular weight is 490 g/mol. The van der Waals surface area contributed by atoms with Crippen molar-refractivity contribution in [2.75, 3.05) is 7.11 Å². The Labute approximate surface area is 212 Å². The van der Waals surface area contributed by atoms with Crippen molar-refractivity contribution in [2.24, 2.45) is 16.7 Å². The Bertz CT molecular complexity index is 1280. The first kappa shape index (κ1) is 25.8. The minimum Gasteiger partial charge on any atom is -0.505 e. The lowest BCUT2D eigenvalue weighted by Gasteiger charge is -2.49. The van der Waals surface area contributed by atoms with E-state index in [0.717, 1.165) is 24.8 Å². The van der Waals surface area contributed by atoms with Gasteiger partial charge >= 0.3 is 5.97 Å². The lowest BCUT2D eigenvalue weighted by atomic mass is 9.54. The average Bonchev–Trinajstić information content (AvgIpc) is 2.87. The van der Waals surface area contributed by atoms with Gasteiger partial charge in [-0.1, -0.05) is 44.5 Å². The van der Waals surface area contributed by atoms with Crippen LogP contribution in [0.15, 0.2) is 30.9 Å². The van der Waals surface area contributed by atoms with E-state index in [1.54, 1.807) is 19.1 Å². The number of rotatable bonds is 6. The summed E-state index contributed by atoms with van der Waals surface area (Å²) in [6.45, 7) is 11.7. The van der Waals surface area contributed by atoms with Crippen molar-refractivity contribution < 1.29 is 24.2 Å². The van der Waals surface area contributed by atoms with Crippen LogP contribution in [0.2, 0.25) is 0 Å². The van der Waals surface area contributed by atoms with E-state index in [9.17, 15) is 19.5 Å². The lowest BCUT2D eigenvalue weighted by Crippen LogP contribution is -2.48. The molecule has 6 nitrogen and oxygen atoms in total. The number of hydrogen-bond donors (Lipinski definition) is 1. The number of allylic oxidation sites excluding steroid dienone is 1. The van der Waals surface area contributed by atoms with Gasteiger partial charge in [0.15, 0.2) is 11.6 Å². The molecule has 2 aliphatic rings. The molecule has 2 aliphatic carbocycles. The largest absolute Gasteiger partial charge is 0.505 e. The molecule has 0 aliphatic heterocycles. The molecule has 1 fully saturated rings. The van der Waals surface area contributed by atoms with E-state index in [1.165, 1.54) is 7.11 Å². The third-order valence-corrected chi connectivity index (χ3v) is 8.63. The smallest absolute Gasteiger partial charge is 0.311 e. The molecular formula is C30H35NO5. The number of aromatic nitrogens is 1. The van der Waals surface area contributed by atoms with Crippen LogP contribution in [0.5, 0.6) is 5.75 Å². The zero-order valence-electron chi connectivity index (χ0n) is 21.9. The van der Waals surface area contributed by atoms with Gasteiger partial charge in [-0.3, -0.25) is 19.4 Å². The first-order valence-electron chi connectivity index (χ1n) is 12.7. The topological polar surface area (TPSA) is 93.6 Å². The van der Waals surface area contributed by atoms with Crippen LogP contribution in [0, 0.1) is 23.7 Å². The number of methoxy groups -OCH3 is 1. The molecule has 36 heavy (non-hydrogen) atoms. The minimum atomic E-state index is -0.672. The van der Waals surface area contributed by atoms with E-state index in [0.29, 0.717) is 41.8 Å². The molecule has 0 saturated heterocycles. The zero-order valence-corrected chi connectivity index (χ0v) is 21.9. The summed E-state index contributed by atoms with van der Waals surface area (Å²) in [5.41, 5.74) is 1.58. The number of ketones is 2. The Morgan fingerprint density at radius 1 is 1.19 bits per heavy atom. The second kappa shape index (κ2) is 9.30. The number of nitrogens with zero attached hydrogens (tertiary/aromatic N) is 1. The maximum Gasteiger partial charge on any atom is 0.311 e. The number of benzene rings is 1. The van der Waals surface area contributed by atoms with Crippen molar-refractivity contribution in [3.05, 3.63) is 70.1 Å². The van der Waals surface area contributed by atoms with Crippen LogP contribution in [0.25, 0.3) is 0 Å². The number of ether oxygens (including phenoxy) is 1. The molecule has 0 spiro atoms. The number of fused-ring (bicyclic) bond motifs is 2. The van der Waals surface area contributed by atoms with Gasteiger partial charge in [-0.05, 0) is 62.8 Å². The van der Waals surface area contributed by atoms with Crippen molar-refractivity contribution in [1.29, 1.82) is 0 Å². The number of aromatic hydroxyl groups is 1. The van der Waals surface area contributed by atoms with Crippen LogP contribution < -0.4 is 0 Å². The molecule has 2 aromatic rings. The normalized spacial score (nSPS) is 25.2. The molecule has 6 heteroatoms. The first-order chi connectivity index (χ1) is 17.0. The summed E-state index contributed by atoms with van der Waals surface area (Å²) in [5, 5.41) is 10.9. The van der Waals surface area contributed by atoms with E-state index in [2.05, 4.69) is 18.5 Å². The molecular weight excluding hydrogens is 454 g/mol. The van der Waals surface area contributed by atoms with Crippen molar-refractivity contribution >= 4 is 17.5 Å². The standard InChI is InChI=1S/C30H35NO5/c1-7-20-26(33)24-22(17(3)31-20)25(32)19-12-9-11-18(23(19)27(24)34)13-14-21-29(4,8-2)15-10-16-30(21,5)28(35)36-6/h8-9,11-12,21,33H,2,7,10,13-16H2,1,3-6H3/t21?,29-,30+/m0/s1. The fourth-order valence-corrected chi connectivity index (χ4v) is 6.61. The highest BCUT2D eigenvalue weighted by atomic mass is 16.5. The predicted molar refractivity (Wildman–Crippen MR) is 137 cm³/mol. The van der Waals surface area contributed by atoms with Gasteiger partial charge in [-0.2, -0.15) is 0 Å². The molecule has 0 bridgehead atoms. The number of pyridine rings is 1. The molecule has 1 unspecified atom stereocenters. The zero-order chi connectivity index (χ0) is 26.4. The van der Waals surface area contributed by atoms with E-state index in [-0.39, 0.29) is 45.7 Å². The van der Waals surface area contributed by atoms with Crippen molar-refractivity contribution in [1.82, 2.24) is 4.98 Å². The summed E-state index contributed by atoms with van der Waals surface area (Å²) in [7, 11) is 1.42.